The number of thiol groups is 1. The van der Waals surface area contributed by atoms with E-state index in [1.807, 2.05) is 6.92 Å². The number of benzene rings is 2. The van der Waals surface area contributed by atoms with E-state index in [0.717, 1.165) is 11.1 Å². The predicted molar refractivity (Wildman–Crippen MR) is 78.1 cm³/mol. The summed E-state index contributed by atoms with van der Waals surface area (Å²) in [6.07, 6.45) is 0. The molecule has 3 nitrogen and oxygen atoms in total. The van der Waals surface area contributed by atoms with Gasteiger partial charge in [0.25, 0.3) is 0 Å². The van der Waals surface area contributed by atoms with Crippen LogP contribution in [0, 0.1) is 6.92 Å². The Morgan fingerprint density at radius 3 is 2.11 bits per heavy atom. The second-order valence-corrected chi connectivity index (χ2v) is 6.02. The van der Waals surface area contributed by atoms with E-state index in [1.54, 1.807) is 36.4 Å². The lowest BCUT2D eigenvalue weighted by Crippen LogP contribution is -2.09. The van der Waals surface area contributed by atoms with E-state index >= 15 is 0 Å². The van der Waals surface area contributed by atoms with Gasteiger partial charge in [-0.25, -0.2) is 0 Å². The zero-order chi connectivity index (χ0) is 13.9. The van der Waals surface area contributed by atoms with Crippen LogP contribution in [0.2, 0.25) is 0 Å². The van der Waals surface area contributed by atoms with E-state index in [-0.39, 0.29) is 4.90 Å². The van der Waals surface area contributed by atoms with Gasteiger partial charge in [-0.2, -0.15) is 21.0 Å². The standard InChI is InChI=1S/C14H14O3S2/c1-11-2-8-14(9-3-11)19(15,16)17-13-6-4-12(10-18)5-7-13/h2-9,18H,10H2,1H3. The second kappa shape index (κ2) is 5.67. The van der Waals surface area contributed by atoms with Crippen molar-refractivity contribution in [2.75, 3.05) is 0 Å². The van der Waals surface area contributed by atoms with Crippen LogP contribution in [-0.4, -0.2) is 8.42 Å². The Kier molecular flexibility index (Phi) is 4.17. The minimum atomic E-state index is -3.77. The minimum absolute atomic E-state index is 0.149. The van der Waals surface area contributed by atoms with Gasteiger partial charge in [0.1, 0.15) is 10.6 Å². The molecule has 2 rings (SSSR count). The zero-order valence-corrected chi connectivity index (χ0v) is 12.1. The van der Waals surface area contributed by atoms with Gasteiger partial charge in [0.15, 0.2) is 0 Å². The van der Waals surface area contributed by atoms with Gasteiger partial charge in [-0.1, -0.05) is 29.8 Å². The van der Waals surface area contributed by atoms with Crippen molar-refractivity contribution in [2.24, 2.45) is 0 Å². The minimum Gasteiger partial charge on any atom is -0.379 e. The Labute approximate surface area is 118 Å². The molecular formula is C14H14O3S2. The van der Waals surface area contributed by atoms with Crippen molar-refractivity contribution >= 4 is 22.7 Å². The quantitative estimate of drug-likeness (QED) is 0.695. The SMILES string of the molecule is Cc1ccc(S(=O)(=O)Oc2ccc(CS)cc2)cc1. The van der Waals surface area contributed by atoms with Gasteiger partial charge in [0, 0.05) is 5.75 Å². The molecule has 2 aromatic rings. The van der Waals surface area contributed by atoms with E-state index in [4.69, 9.17) is 4.18 Å². The monoisotopic (exact) mass is 294 g/mol. The smallest absolute Gasteiger partial charge is 0.339 e. The summed E-state index contributed by atoms with van der Waals surface area (Å²) in [5.41, 5.74) is 2.00. The molecule has 0 amide bonds. The van der Waals surface area contributed by atoms with Crippen molar-refractivity contribution in [2.45, 2.75) is 17.6 Å². The Bertz CT molecular complexity index is 644. The van der Waals surface area contributed by atoms with Crippen LogP contribution in [-0.2, 0) is 15.9 Å². The zero-order valence-electron chi connectivity index (χ0n) is 10.4. The highest BCUT2D eigenvalue weighted by Crippen LogP contribution is 2.20. The molecule has 0 atom stereocenters. The van der Waals surface area contributed by atoms with Crippen LogP contribution in [0.3, 0.4) is 0 Å². The van der Waals surface area contributed by atoms with Gasteiger partial charge in [-0.3, -0.25) is 0 Å². The molecule has 0 aromatic heterocycles. The van der Waals surface area contributed by atoms with Crippen molar-refractivity contribution in [3.63, 3.8) is 0 Å². The molecule has 0 N–H and O–H groups in total. The van der Waals surface area contributed by atoms with Gasteiger partial charge in [-0.15, -0.1) is 0 Å². The molecule has 0 radical (unpaired) electrons. The number of rotatable bonds is 4. The van der Waals surface area contributed by atoms with Crippen LogP contribution in [0.5, 0.6) is 5.75 Å². The maximum absolute atomic E-state index is 12.0. The van der Waals surface area contributed by atoms with Gasteiger partial charge < -0.3 is 4.18 Å². The first kappa shape index (κ1) is 14.0. The first-order chi connectivity index (χ1) is 9.01. The first-order valence-electron chi connectivity index (χ1n) is 5.72. The molecule has 0 aliphatic carbocycles. The molecular weight excluding hydrogens is 280 g/mol. The number of hydrogen-bond acceptors (Lipinski definition) is 4. The lowest BCUT2D eigenvalue weighted by atomic mass is 10.2. The Morgan fingerprint density at radius 2 is 1.58 bits per heavy atom. The average Bonchev–Trinajstić information content (AvgIpc) is 2.40. The summed E-state index contributed by atoms with van der Waals surface area (Å²) >= 11 is 4.14. The van der Waals surface area contributed by atoms with Crippen LogP contribution in [0.15, 0.2) is 53.4 Å². The van der Waals surface area contributed by atoms with Crippen molar-refractivity contribution < 1.29 is 12.6 Å². The number of hydrogen-bond donors (Lipinski definition) is 1. The first-order valence-corrected chi connectivity index (χ1v) is 7.76. The molecule has 0 aliphatic rings. The Balaban J connectivity index is 2.23. The van der Waals surface area contributed by atoms with Gasteiger partial charge >= 0.3 is 10.1 Å². The molecule has 0 unspecified atom stereocenters. The predicted octanol–water partition coefficient (Wildman–Crippen LogP) is 3.19. The lowest BCUT2D eigenvalue weighted by Gasteiger charge is -2.07. The van der Waals surface area contributed by atoms with E-state index < -0.39 is 10.1 Å². The fourth-order valence-electron chi connectivity index (χ4n) is 1.53. The molecule has 2 aromatic carbocycles. The van der Waals surface area contributed by atoms with Gasteiger partial charge in [-0.05, 0) is 36.8 Å². The molecule has 0 fully saturated rings. The Hall–Kier alpha value is -1.46. The summed E-state index contributed by atoms with van der Waals surface area (Å²) in [7, 11) is -3.77. The Morgan fingerprint density at radius 1 is 1.00 bits per heavy atom. The van der Waals surface area contributed by atoms with Crippen LogP contribution in [0.25, 0.3) is 0 Å². The summed E-state index contributed by atoms with van der Waals surface area (Å²) in [5, 5.41) is 0. The van der Waals surface area contributed by atoms with Crippen molar-refractivity contribution in [1.29, 1.82) is 0 Å². The molecule has 0 spiro atoms. The lowest BCUT2D eigenvalue weighted by molar-refractivity contribution is 0.486. The highest BCUT2D eigenvalue weighted by molar-refractivity contribution is 7.87. The third kappa shape index (κ3) is 3.52. The van der Waals surface area contributed by atoms with Crippen LogP contribution < -0.4 is 4.18 Å². The molecule has 0 saturated heterocycles. The van der Waals surface area contributed by atoms with E-state index in [2.05, 4.69) is 12.6 Å². The highest BCUT2D eigenvalue weighted by Gasteiger charge is 2.16. The molecule has 5 heteroatoms. The maximum Gasteiger partial charge on any atom is 0.339 e. The summed E-state index contributed by atoms with van der Waals surface area (Å²) < 4.78 is 29.1. The molecule has 0 aliphatic heterocycles. The molecule has 0 saturated carbocycles. The summed E-state index contributed by atoms with van der Waals surface area (Å²) in [6, 6.07) is 13.4. The molecule has 0 heterocycles. The topological polar surface area (TPSA) is 43.4 Å². The van der Waals surface area contributed by atoms with Gasteiger partial charge in [0.2, 0.25) is 0 Å². The van der Waals surface area contributed by atoms with Crippen LogP contribution >= 0.6 is 12.6 Å². The van der Waals surface area contributed by atoms with Crippen LogP contribution in [0.1, 0.15) is 11.1 Å². The van der Waals surface area contributed by atoms with E-state index in [0.29, 0.717) is 11.5 Å². The molecule has 0 bridgehead atoms. The summed E-state index contributed by atoms with van der Waals surface area (Å²) in [6.45, 7) is 1.90. The maximum atomic E-state index is 12.0. The average molecular weight is 294 g/mol. The third-order valence-corrected chi connectivity index (χ3v) is 4.25. The largest absolute Gasteiger partial charge is 0.379 e. The summed E-state index contributed by atoms with van der Waals surface area (Å²) in [5.74, 6) is 0.899. The van der Waals surface area contributed by atoms with E-state index in [1.165, 1.54) is 12.1 Å². The second-order valence-electron chi connectivity index (χ2n) is 4.15. The number of aryl methyl sites for hydroxylation is 1. The van der Waals surface area contributed by atoms with Gasteiger partial charge in [0.05, 0.1) is 0 Å². The third-order valence-electron chi connectivity index (χ3n) is 2.62. The van der Waals surface area contributed by atoms with E-state index in [9.17, 15) is 8.42 Å². The highest BCUT2D eigenvalue weighted by atomic mass is 32.2. The van der Waals surface area contributed by atoms with Crippen LogP contribution in [0.4, 0.5) is 0 Å². The van der Waals surface area contributed by atoms with Crippen molar-refractivity contribution in [3.8, 4) is 5.75 Å². The fraction of sp³-hybridized carbons (Fsp3) is 0.143. The van der Waals surface area contributed by atoms with Crippen molar-refractivity contribution in [3.05, 3.63) is 59.7 Å². The summed E-state index contributed by atoms with van der Waals surface area (Å²) in [4.78, 5) is 0.149. The van der Waals surface area contributed by atoms with Crippen molar-refractivity contribution in [1.82, 2.24) is 0 Å². The fourth-order valence-corrected chi connectivity index (χ4v) is 2.67. The normalized spacial score (nSPS) is 11.3. The molecule has 19 heavy (non-hydrogen) atoms. The molecule has 100 valence electrons.